The van der Waals surface area contributed by atoms with E-state index in [4.69, 9.17) is 9.72 Å². The fourth-order valence-electron chi connectivity index (χ4n) is 5.41. The van der Waals surface area contributed by atoms with Crippen LogP contribution in [0.1, 0.15) is 39.7 Å². The molecule has 1 unspecified atom stereocenters. The van der Waals surface area contributed by atoms with Gasteiger partial charge < -0.3 is 14.2 Å². The molecule has 0 bridgehead atoms. The van der Waals surface area contributed by atoms with Gasteiger partial charge in [0, 0.05) is 6.20 Å². The summed E-state index contributed by atoms with van der Waals surface area (Å²) in [6.45, 7) is 11.7. The topological polar surface area (TPSA) is 97.0 Å². The molecule has 1 fully saturated rings. The van der Waals surface area contributed by atoms with Crippen LogP contribution in [0.25, 0.3) is 21.6 Å². The minimum Gasteiger partial charge on any atom is -0.505 e. The van der Waals surface area contributed by atoms with E-state index < -0.39 is 17.7 Å². The molecule has 0 saturated carbocycles. The third-order valence-corrected chi connectivity index (χ3v) is 8.32. The van der Waals surface area contributed by atoms with E-state index in [0.29, 0.717) is 34.4 Å². The highest BCUT2D eigenvalue weighted by Gasteiger charge is 2.48. The number of amides is 1. The van der Waals surface area contributed by atoms with Crippen molar-refractivity contribution < 1.29 is 19.4 Å². The quantitative estimate of drug-likeness (QED) is 0.111. The predicted molar refractivity (Wildman–Crippen MR) is 161 cm³/mol. The van der Waals surface area contributed by atoms with Gasteiger partial charge in [0.1, 0.15) is 23.7 Å². The van der Waals surface area contributed by atoms with E-state index in [2.05, 4.69) is 11.6 Å². The van der Waals surface area contributed by atoms with Crippen molar-refractivity contribution in [3.05, 3.63) is 107 Å². The molecule has 1 aliphatic rings. The number of carbonyl (C=O) groups is 2. The fraction of sp³-hybridized carbons (Fsp3) is 0.188. The van der Waals surface area contributed by atoms with Crippen molar-refractivity contribution in [3.8, 4) is 5.75 Å². The number of benzene rings is 2. The number of rotatable bonds is 6. The molecule has 0 aliphatic carbocycles. The molecule has 2 aromatic carbocycles. The first-order valence-electron chi connectivity index (χ1n) is 13.2. The standard InChI is InChI=1S/C32H28N4O4S/c1-6-13-40-22-11-7-10-21(16-22)27-24(28(37)26-20(5)35-12-8-9-18(3)30(35)33-26)29(38)31(39)36(27)32-34-25-19(4)14-17(2)15-23(25)41-32/h6-12,14-16,27,37H,1,13H2,2-5H3/b28-24+. The van der Waals surface area contributed by atoms with Gasteiger partial charge in [-0.2, -0.15) is 0 Å². The zero-order valence-electron chi connectivity index (χ0n) is 23.1. The summed E-state index contributed by atoms with van der Waals surface area (Å²) in [4.78, 5) is 38.4. The van der Waals surface area contributed by atoms with Gasteiger partial charge in [-0.3, -0.25) is 14.5 Å². The van der Waals surface area contributed by atoms with Crippen LogP contribution >= 0.6 is 11.3 Å². The predicted octanol–water partition coefficient (Wildman–Crippen LogP) is 6.37. The van der Waals surface area contributed by atoms with Gasteiger partial charge in [0.15, 0.2) is 10.9 Å². The zero-order valence-corrected chi connectivity index (χ0v) is 24.0. The van der Waals surface area contributed by atoms with E-state index in [1.807, 2.05) is 62.6 Å². The number of ketones is 1. The number of carbonyl (C=O) groups excluding carboxylic acids is 2. The maximum Gasteiger partial charge on any atom is 0.301 e. The van der Waals surface area contributed by atoms with Crippen molar-refractivity contribution >= 4 is 49.8 Å². The summed E-state index contributed by atoms with van der Waals surface area (Å²) in [6.07, 6.45) is 3.49. The number of thiazole rings is 1. The summed E-state index contributed by atoms with van der Waals surface area (Å²) in [5, 5.41) is 12.1. The molecule has 0 spiro atoms. The lowest BCUT2D eigenvalue weighted by Gasteiger charge is -2.23. The molecule has 41 heavy (non-hydrogen) atoms. The normalized spacial score (nSPS) is 16.7. The molecule has 4 heterocycles. The number of fused-ring (bicyclic) bond motifs is 2. The number of ether oxygens (including phenoxy) is 1. The van der Waals surface area contributed by atoms with Gasteiger partial charge in [0.2, 0.25) is 0 Å². The number of anilines is 1. The summed E-state index contributed by atoms with van der Waals surface area (Å²) in [5.74, 6) is -1.35. The fourth-order valence-corrected chi connectivity index (χ4v) is 6.58. The average Bonchev–Trinajstić information content (AvgIpc) is 3.60. The molecular weight excluding hydrogens is 536 g/mol. The number of pyridine rings is 1. The highest BCUT2D eigenvalue weighted by Crippen LogP contribution is 2.45. The number of aliphatic hydroxyl groups excluding tert-OH is 1. The van der Waals surface area contributed by atoms with Gasteiger partial charge >= 0.3 is 5.91 Å². The lowest BCUT2D eigenvalue weighted by Crippen LogP contribution is -2.29. The van der Waals surface area contributed by atoms with Crippen LogP contribution < -0.4 is 9.64 Å². The first kappa shape index (κ1) is 26.5. The van der Waals surface area contributed by atoms with Crippen LogP contribution in [-0.4, -0.2) is 37.8 Å². The SMILES string of the molecule is C=CCOc1cccc(C2/C(=C(\O)c3nc4c(C)cccn4c3C)C(=O)C(=O)N2c2nc3c(C)cc(C)cc3s2)c1. The molecular formula is C32H28N4O4S. The number of hydrogen-bond acceptors (Lipinski definition) is 7. The van der Waals surface area contributed by atoms with Gasteiger partial charge in [-0.25, -0.2) is 9.97 Å². The minimum absolute atomic E-state index is 0.0489. The number of aromatic nitrogens is 3. The molecule has 9 heteroatoms. The van der Waals surface area contributed by atoms with Crippen LogP contribution in [0.2, 0.25) is 0 Å². The van der Waals surface area contributed by atoms with E-state index in [1.165, 1.54) is 16.2 Å². The molecule has 1 aliphatic heterocycles. The van der Waals surface area contributed by atoms with Gasteiger partial charge in [-0.05, 0) is 74.2 Å². The molecule has 0 radical (unpaired) electrons. The van der Waals surface area contributed by atoms with E-state index >= 15 is 0 Å². The van der Waals surface area contributed by atoms with Crippen molar-refractivity contribution in [1.29, 1.82) is 0 Å². The van der Waals surface area contributed by atoms with Crippen LogP contribution in [0, 0.1) is 27.7 Å². The second-order valence-electron chi connectivity index (χ2n) is 10.2. The second-order valence-corrected chi connectivity index (χ2v) is 11.2. The maximum atomic E-state index is 13.8. The molecule has 1 atom stereocenters. The average molecular weight is 565 g/mol. The molecule has 3 aromatic heterocycles. The van der Waals surface area contributed by atoms with Crippen molar-refractivity contribution in [1.82, 2.24) is 14.4 Å². The summed E-state index contributed by atoms with van der Waals surface area (Å²) >= 11 is 1.34. The van der Waals surface area contributed by atoms with Crippen molar-refractivity contribution in [2.75, 3.05) is 11.5 Å². The number of aryl methyl sites for hydroxylation is 4. The third kappa shape index (κ3) is 4.29. The van der Waals surface area contributed by atoms with Gasteiger partial charge in [-0.1, -0.05) is 48.3 Å². The Kier molecular flexibility index (Phi) is 6.46. The number of aliphatic hydroxyl groups is 1. The number of Topliss-reactive ketones (excluding diaryl/α,β-unsaturated/α-hetero) is 1. The Labute approximate surface area is 240 Å². The van der Waals surface area contributed by atoms with Crippen molar-refractivity contribution in [2.24, 2.45) is 0 Å². The molecule has 1 N–H and O–H groups in total. The summed E-state index contributed by atoms with van der Waals surface area (Å²) in [7, 11) is 0. The molecule has 1 saturated heterocycles. The lowest BCUT2D eigenvalue weighted by atomic mass is 9.96. The molecule has 206 valence electrons. The molecule has 1 amide bonds. The minimum atomic E-state index is -0.949. The first-order valence-corrected chi connectivity index (χ1v) is 14.0. The highest BCUT2D eigenvalue weighted by atomic mass is 32.1. The number of hydrogen-bond donors (Lipinski definition) is 1. The summed E-state index contributed by atoms with van der Waals surface area (Å²) < 4.78 is 8.53. The van der Waals surface area contributed by atoms with Crippen molar-refractivity contribution in [3.63, 3.8) is 0 Å². The Morgan fingerprint density at radius 3 is 2.63 bits per heavy atom. The second kappa shape index (κ2) is 10.0. The van der Waals surface area contributed by atoms with Gasteiger partial charge in [0.05, 0.1) is 27.5 Å². The van der Waals surface area contributed by atoms with Gasteiger partial charge in [0.25, 0.3) is 5.78 Å². The molecule has 5 aromatic rings. The Morgan fingerprint density at radius 2 is 1.88 bits per heavy atom. The van der Waals surface area contributed by atoms with E-state index in [0.717, 1.165) is 26.9 Å². The van der Waals surface area contributed by atoms with Crippen molar-refractivity contribution in [2.45, 2.75) is 33.7 Å². The van der Waals surface area contributed by atoms with E-state index in [-0.39, 0.29) is 17.0 Å². The Hall–Kier alpha value is -4.76. The molecule has 6 rings (SSSR count). The number of imidazole rings is 1. The van der Waals surface area contributed by atoms with Crippen LogP contribution in [0.4, 0.5) is 5.13 Å². The Morgan fingerprint density at radius 1 is 1.07 bits per heavy atom. The summed E-state index contributed by atoms with van der Waals surface area (Å²) in [6, 6.07) is 14.1. The van der Waals surface area contributed by atoms with Crippen LogP contribution in [0.5, 0.6) is 5.75 Å². The zero-order chi connectivity index (χ0) is 29.0. The monoisotopic (exact) mass is 564 g/mol. The first-order chi connectivity index (χ1) is 19.7. The highest BCUT2D eigenvalue weighted by molar-refractivity contribution is 7.22. The van der Waals surface area contributed by atoms with Crippen LogP contribution in [0.3, 0.4) is 0 Å². The van der Waals surface area contributed by atoms with Crippen LogP contribution in [0.15, 0.2) is 73.0 Å². The number of nitrogens with zero attached hydrogens (tertiary/aromatic N) is 4. The Bertz CT molecular complexity index is 1930. The van der Waals surface area contributed by atoms with E-state index in [1.54, 1.807) is 30.3 Å². The largest absolute Gasteiger partial charge is 0.505 e. The van der Waals surface area contributed by atoms with E-state index in [9.17, 15) is 14.7 Å². The Balaban J connectivity index is 1.59. The smallest absolute Gasteiger partial charge is 0.301 e. The van der Waals surface area contributed by atoms with Crippen LogP contribution in [-0.2, 0) is 9.59 Å². The third-order valence-electron chi connectivity index (χ3n) is 7.32. The summed E-state index contributed by atoms with van der Waals surface area (Å²) in [5.41, 5.74) is 5.85. The van der Waals surface area contributed by atoms with Gasteiger partial charge in [-0.15, -0.1) is 0 Å². The molecule has 8 nitrogen and oxygen atoms in total. The maximum absolute atomic E-state index is 13.8. The lowest BCUT2D eigenvalue weighted by molar-refractivity contribution is -0.132.